The number of carbonyl (C=O) groups excluding carboxylic acids is 2. The van der Waals surface area contributed by atoms with Crippen molar-refractivity contribution in [2.45, 2.75) is 11.5 Å². The van der Waals surface area contributed by atoms with E-state index in [2.05, 4.69) is 15.6 Å². The zero-order valence-corrected chi connectivity index (χ0v) is 18.5. The molecule has 3 rings (SSSR count). The number of benzene rings is 3. The first-order chi connectivity index (χ1) is 15.3. The Morgan fingerprint density at radius 2 is 1.53 bits per heavy atom. The number of amides is 2. The van der Waals surface area contributed by atoms with E-state index < -0.39 is 21.8 Å². The van der Waals surface area contributed by atoms with Gasteiger partial charge >= 0.3 is 0 Å². The maximum atomic E-state index is 12.7. The fourth-order valence-corrected chi connectivity index (χ4v) is 4.09. The first kappa shape index (κ1) is 23.3. The smallest absolute Gasteiger partial charge is 0.269 e. The van der Waals surface area contributed by atoms with Gasteiger partial charge in [0.15, 0.2) is 0 Å². The van der Waals surface area contributed by atoms with Crippen molar-refractivity contribution in [1.82, 2.24) is 10.9 Å². The summed E-state index contributed by atoms with van der Waals surface area (Å²) >= 11 is 6.01. The first-order valence-electron chi connectivity index (χ1n) is 9.36. The molecule has 32 heavy (non-hydrogen) atoms. The van der Waals surface area contributed by atoms with Crippen LogP contribution in [0.2, 0.25) is 5.02 Å². The molecular weight excluding hydrogens is 454 g/mol. The molecule has 3 N–H and O–H groups in total. The molecule has 8 nitrogen and oxygen atoms in total. The van der Waals surface area contributed by atoms with E-state index in [1.807, 2.05) is 0 Å². The molecule has 0 fully saturated rings. The first-order valence-corrected chi connectivity index (χ1v) is 11.2. The lowest BCUT2D eigenvalue weighted by molar-refractivity contribution is 0.0846. The summed E-state index contributed by atoms with van der Waals surface area (Å²) in [5, 5.41) is 0.239. The van der Waals surface area contributed by atoms with Crippen molar-refractivity contribution in [3.8, 4) is 0 Å². The van der Waals surface area contributed by atoms with Gasteiger partial charge in [-0.3, -0.25) is 25.2 Å². The van der Waals surface area contributed by atoms with Crippen LogP contribution in [0.15, 0.2) is 77.7 Å². The van der Waals surface area contributed by atoms with Gasteiger partial charge in [-0.15, -0.1) is 0 Å². The van der Waals surface area contributed by atoms with Gasteiger partial charge in [-0.05, 0) is 48.0 Å². The van der Waals surface area contributed by atoms with E-state index >= 15 is 0 Å². The van der Waals surface area contributed by atoms with E-state index in [-0.39, 0.29) is 21.2 Å². The molecule has 0 unspecified atom stereocenters. The topological polar surface area (TPSA) is 114 Å². The number of hydrazine groups is 1. The molecule has 166 valence electrons. The highest BCUT2D eigenvalue weighted by Gasteiger charge is 2.18. The SMILES string of the molecule is COCc1ccc(C(=O)NNC(=O)c2cccc(S(=O)(=O)Nc3ccccc3Cl)c2)cc1. The summed E-state index contributed by atoms with van der Waals surface area (Å²) < 4.78 is 32.7. The van der Waals surface area contributed by atoms with E-state index in [0.29, 0.717) is 12.2 Å². The second-order valence-electron chi connectivity index (χ2n) is 6.65. The van der Waals surface area contributed by atoms with Crippen LogP contribution >= 0.6 is 11.6 Å². The summed E-state index contributed by atoms with van der Waals surface area (Å²) in [5.74, 6) is -1.20. The number of anilines is 1. The van der Waals surface area contributed by atoms with Gasteiger partial charge in [0.1, 0.15) is 0 Å². The second-order valence-corrected chi connectivity index (χ2v) is 8.74. The van der Waals surface area contributed by atoms with Gasteiger partial charge in [-0.2, -0.15) is 0 Å². The highest BCUT2D eigenvalue weighted by molar-refractivity contribution is 7.92. The van der Waals surface area contributed by atoms with Crippen molar-refractivity contribution in [2.75, 3.05) is 11.8 Å². The zero-order valence-electron chi connectivity index (χ0n) is 17.0. The maximum Gasteiger partial charge on any atom is 0.269 e. The normalized spacial score (nSPS) is 10.9. The fourth-order valence-electron chi connectivity index (χ4n) is 2.73. The number of hydrogen-bond donors (Lipinski definition) is 3. The highest BCUT2D eigenvalue weighted by atomic mass is 35.5. The summed E-state index contributed by atoms with van der Waals surface area (Å²) in [6, 6.07) is 18.5. The van der Waals surface area contributed by atoms with Crippen molar-refractivity contribution in [3.63, 3.8) is 0 Å². The molecule has 0 saturated carbocycles. The number of hydrogen-bond acceptors (Lipinski definition) is 5. The summed E-state index contributed by atoms with van der Waals surface area (Å²) in [6.07, 6.45) is 0. The molecule has 2 amide bonds. The van der Waals surface area contributed by atoms with Crippen LogP contribution in [-0.4, -0.2) is 27.3 Å². The van der Waals surface area contributed by atoms with Crippen LogP contribution in [0, 0.1) is 0 Å². The van der Waals surface area contributed by atoms with Crippen LogP contribution in [0.3, 0.4) is 0 Å². The number of carbonyl (C=O) groups is 2. The molecule has 0 heterocycles. The van der Waals surface area contributed by atoms with Gasteiger partial charge in [-0.1, -0.05) is 41.9 Å². The quantitative estimate of drug-likeness (QED) is 0.455. The summed E-state index contributed by atoms with van der Waals surface area (Å²) in [6.45, 7) is 0.420. The van der Waals surface area contributed by atoms with Crippen LogP contribution in [0.5, 0.6) is 0 Å². The summed E-state index contributed by atoms with van der Waals surface area (Å²) in [4.78, 5) is 24.5. The molecule has 0 saturated heterocycles. The van der Waals surface area contributed by atoms with E-state index in [1.165, 1.54) is 30.3 Å². The lowest BCUT2D eigenvalue weighted by Gasteiger charge is -2.11. The number of sulfonamides is 1. The molecule has 0 aliphatic rings. The third-order valence-electron chi connectivity index (χ3n) is 4.34. The van der Waals surface area contributed by atoms with Gasteiger partial charge < -0.3 is 4.74 Å². The Morgan fingerprint density at radius 3 is 2.19 bits per heavy atom. The lowest BCUT2D eigenvalue weighted by atomic mass is 10.1. The number of methoxy groups -OCH3 is 1. The number of rotatable bonds is 7. The second kappa shape index (κ2) is 10.3. The number of nitrogens with one attached hydrogen (secondary N) is 3. The largest absolute Gasteiger partial charge is 0.380 e. The van der Waals surface area contributed by atoms with Crippen LogP contribution in [0.4, 0.5) is 5.69 Å². The average Bonchev–Trinajstić information content (AvgIpc) is 2.79. The van der Waals surface area contributed by atoms with Crippen LogP contribution in [0.25, 0.3) is 0 Å². The third-order valence-corrected chi connectivity index (χ3v) is 6.03. The number of halogens is 1. The van der Waals surface area contributed by atoms with Gasteiger partial charge in [0.05, 0.1) is 22.2 Å². The molecule has 3 aromatic carbocycles. The minimum absolute atomic E-state index is 0.0442. The Kier molecular flexibility index (Phi) is 7.47. The molecular formula is C22H20ClN3O5S. The van der Waals surface area contributed by atoms with Crippen LogP contribution in [0.1, 0.15) is 26.3 Å². The van der Waals surface area contributed by atoms with E-state index in [0.717, 1.165) is 5.56 Å². The molecule has 0 aliphatic carbocycles. The zero-order chi connectivity index (χ0) is 23.1. The molecule has 0 spiro atoms. The van der Waals surface area contributed by atoms with Crippen molar-refractivity contribution < 1.29 is 22.7 Å². The Morgan fingerprint density at radius 1 is 0.875 bits per heavy atom. The van der Waals surface area contributed by atoms with Crippen LogP contribution < -0.4 is 15.6 Å². The minimum atomic E-state index is -3.99. The average molecular weight is 474 g/mol. The molecule has 0 aromatic heterocycles. The molecule has 0 aliphatic heterocycles. The van der Waals surface area contributed by atoms with E-state index in [4.69, 9.17) is 16.3 Å². The Balaban J connectivity index is 1.67. The van der Waals surface area contributed by atoms with Gasteiger partial charge in [0, 0.05) is 18.2 Å². The van der Waals surface area contributed by atoms with Gasteiger partial charge in [0.25, 0.3) is 21.8 Å². The van der Waals surface area contributed by atoms with E-state index in [9.17, 15) is 18.0 Å². The molecule has 10 heteroatoms. The van der Waals surface area contributed by atoms with E-state index in [1.54, 1.807) is 49.6 Å². The standard InChI is InChI=1S/C22H20ClN3O5S/c1-31-14-15-9-11-16(12-10-15)21(27)24-25-22(28)17-5-4-6-18(13-17)32(29,30)26-20-8-3-2-7-19(20)23/h2-13,26H,14H2,1H3,(H,24,27)(H,25,28). The summed E-state index contributed by atoms with van der Waals surface area (Å²) in [5.41, 5.74) is 6.07. The summed E-state index contributed by atoms with van der Waals surface area (Å²) in [7, 11) is -2.41. The predicted molar refractivity (Wildman–Crippen MR) is 121 cm³/mol. The van der Waals surface area contributed by atoms with Crippen molar-refractivity contribution in [2.24, 2.45) is 0 Å². The third kappa shape index (κ3) is 5.85. The molecule has 0 radical (unpaired) electrons. The minimum Gasteiger partial charge on any atom is -0.380 e. The predicted octanol–water partition coefficient (Wildman–Crippen LogP) is 3.36. The molecule has 3 aromatic rings. The molecule has 0 atom stereocenters. The lowest BCUT2D eigenvalue weighted by Crippen LogP contribution is -2.41. The Hall–Kier alpha value is -3.40. The van der Waals surface area contributed by atoms with Gasteiger partial charge in [-0.25, -0.2) is 8.42 Å². The van der Waals surface area contributed by atoms with Crippen LogP contribution in [-0.2, 0) is 21.4 Å². The van der Waals surface area contributed by atoms with Crippen molar-refractivity contribution >= 4 is 39.1 Å². The monoisotopic (exact) mass is 473 g/mol. The van der Waals surface area contributed by atoms with Crippen molar-refractivity contribution in [3.05, 3.63) is 94.5 Å². The number of para-hydroxylation sites is 1. The highest BCUT2D eigenvalue weighted by Crippen LogP contribution is 2.24. The number of ether oxygens (including phenoxy) is 1. The Bertz CT molecular complexity index is 1230. The fraction of sp³-hybridized carbons (Fsp3) is 0.0909. The van der Waals surface area contributed by atoms with Gasteiger partial charge in [0.2, 0.25) is 0 Å². The molecule has 0 bridgehead atoms. The Labute approximate surface area is 190 Å². The maximum absolute atomic E-state index is 12.7. The van der Waals surface area contributed by atoms with Crippen molar-refractivity contribution in [1.29, 1.82) is 0 Å².